The number of rotatable bonds is 1. The van der Waals surface area contributed by atoms with Crippen molar-refractivity contribution in [3.05, 3.63) is 0 Å². The largest absolute Gasteiger partial charge is 0.393 e. The van der Waals surface area contributed by atoms with Crippen LogP contribution in [0, 0.1) is 5.41 Å². The van der Waals surface area contributed by atoms with Gasteiger partial charge in [-0.05, 0) is 18.3 Å². The molecule has 0 unspecified atom stereocenters. The number of aliphatic hydroxyl groups excluding tert-OH is 1. The third kappa shape index (κ3) is 5.04. The Morgan fingerprint density at radius 2 is 1.71 bits per heavy atom. The van der Waals surface area contributed by atoms with E-state index in [9.17, 15) is 9.90 Å². The highest BCUT2D eigenvalue weighted by atomic mass is 16.3. The molecule has 1 rings (SSSR count). The lowest BCUT2D eigenvalue weighted by atomic mass is 9.86. The molecule has 3 N–H and O–H groups in total. The minimum atomic E-state index is -0.451. The van der Waals surface area contributed by atoms with Crippen LogP contribution in [0.25, 0.3) is 0 Å². The molecule has 1 heterocycles. The molecule has 0 radical (unpaired) electrons. The van der Waals surface area contributed by atoms with E-state index in [4.69, 9.17) is 5.73 Å². The number of likely N-dealkylation sites (tertiary alicyclic amines) is 1. The quantitative estimate of drug-likeness (QED) is 0.732. The molecule has 4 nitrogen and oxygen atoms in total. The Bertz CT molecular complexity index is 228. The summed E-state index contributed by atoms with van der Waals surface area (Å²) < 4.78 is 0. The molecular weight excluding hydrogens is 216 g/mol. The van der Waals surface area contributed by atoms with Crippen LogP contribution in [0.2, 0.25) is 0 Å². The van der Waals surface area contributed by atoms with Crippen LogP contribution in [0.5, 0.6) is 0 Å². The van der Waals surface area contributed by atoms with Crippen molar-refractivity contribution in [3.8, 4) is 0 Å². The van der Waals surface area contributed by atoms with Crippen molar-refractivity contribution < 1.29 is 9.90 Å². The van der Waals surface area contributed by atoms with Gasteiger partial charge in [0.2, 0.25) is 5.91 Å². The number of piperidine rings is 1. The van der Waals surface area contributed by atoms with E-state index in [1.54, 1.807) is 4.90 Å². The van der Waals surface area contributed by atoms with Gasteiger partial charge in [0.05, 0.1) is 12.1 Å². The van der Waals surface area contributed by atoms with Gasteiger partial charge in [0.1, 0.15) is 0 Å². The number of aliphatic hydroxyl groups is 1. The molecule has 0 aliphatic carbocycles. The zero-order valence-corrected chi connectivity index (χ0v) is 11.9. The summed E-state index contributed by atoms with van der Waals surface area (Å²) in [6, 6.07) is -0.451. The molecule has 1 aliphatic rings. The standard InChI is InChI=1S/C11H22N2O2.C2H6/c1-11(2,3)9(12)10(15)13-6-4-8(14)5-7-13;1-2/h8-9,14H,4-7,12H2,1-3H3;1-2H3/t9-;/m1./s1. The van der Waals surface area contributed by atoms with Crippen LogP contribution in [0.3, 0.4) is 0 Å². The van der Waals surface area contributed by atoms with E-state index in [0.29, 0.717) is 25.9 Å². The molecule has 1 aliphatic heterocycles. The lowest BCUT2D eigenvalue weighted by molar-refractivity contribution is -0.136. The third-order valence-corrected chi connectivity index (χ3v) is 2.98. The summed E-state index contributed by atoms with van der Waals surface area (Å²) >= 11 is 0. The lowest BCUT2D eigenvalue weighted by Gasteiger charge is -2.35. The number of hydrogen-bond donors (Lipinski definition) is 2. The molecule has 0 aromatic rings. The van der Waals surface area contributed by atoms with Gasteiger partial charge >= 0.3 is 0 Å². The first kappa shape index (κ1) is 16.4. The number of hydrogen-bond acceptors (Lipinski definition) is 3. The van der Waals surface area contributed by atoms with Gasteiger partial charge in [-0.3, -0.25) is 4.79 Å². The van der Waals surface area contributed by atoms with Gasteiger partial charge in [-0.2, -0.15) is 0 Å². The Morgan fingerprint density at radius 3 is 2.06 bits per heavy atom. The van der Waals surface area contributed by atoms with E-state index < -0.39 is 6.04 Å². The first-order valence-corrected chi connectivity index (χ1v) is 6.55. The van der Waals surface area contributed by atoms with E-state index in [2.05, 4.69) is 0 Å². The highest BCUT2D eigenvalue weighted by Gasteiger charge is 2.32. The summed E-state index contributed by atoms with van der Waals surface area (Å²) in [6.45, 7) is 11.2. The molecule has 1 saturated heterocycles. The molecule has 0 aromatic carbocycles. The highest BCUT2D eigenvalue weighted by molar-refractivity contribution is 5.82. The van der Waals surface area contributed by atoms with Crippen LogP contribution in [0.15, 0.2) is 0 Å². The van der Waals surface area contributed by atoms with Crippen molar-refractivity contribution in [1.29, 1.82) is 0 Å². The Labute approximate surface area is 105 Å². The molecule has 17 heavy (non-hydrogen) atoms. The van der Waals surface area contributed by atoms with Gasteiger partial charge in [-0.25, -0.2) is 0 Å². The van der Waals surface area contributed by atoms with Gasteiger partial charge in [-0.1, -0.05) is 34.6 Å². The second-order valence-electron chi connectivity index (χ2n) is 5.40. The topological polar surface area (TPSA) is 66.6 Å². The van der Waals surface area contributed by atoms with Crippen LogP contribution in [0.1, 0.15) is 47.5 Å². The van der Waals surface area contributed by atoms with E-state index in [-0.39, 0.29) is 17.4 Å². The first-order chi connectivity index (χ1) is 7.82. The summed E-state index contributed by atoms with van der Waals surface area (Å²) in [7, 11) is 0. The fraction of sp³-hybridized carbons (Fsp3) is 0.923. The summed E-state index contributed by atoms with van der Waals surface area (Å²) in [5.74, 6) is 0.00870. The number of carbonyl (C=O) groups is 1. The van der Waals surface area contributed by atoms with Gasteiger partial charge in [-0.15, -0.1) is 0 Å². The molecule has 1 fully saturated rings. The fourth-order valence-corrected chi connectivity index (χ4v) is 1.65. The van der Waals surface area contributed by atoms with Crippen LogP contribution >= 0.6 is 0 Å². The summed E-state index contributed by atoms with van der Waals surface area (Å²) in [4.78, 5) is 13.7. The lowest BCUT2D eigenvalue weighted by Crippen LogP contribution is -2.52. The average Bonchev–Trinajstić information content (AvgIpc) is 2.29. The molecule has 0 aromatic heterocycles. The van der Waals surface area contributed by atoms with E-state index in [1.807, 2.05) is 34.6 Å². The minimum absolute atomic E-state index is 0.00870. The van der Waals surface area contributed by atoms with Crippen LogP contribution < -0.4 is 5.73 Å². The summed E-state index contributed by atoms with van der Waals surface area (Å²) in [5, 5.41) is 9.34. The Morgan fingerprint density at radius 1 is 1.29 bits per heavy atom. The molecule has 1 atom stereocenters. The second-order valence-corrected chi connectivity index (χ2v) is 5.40. The molecular formula is C13H28N2O2. The Balaban J connectivity index is 0.00000121. The second kappa shape index (κ2) is 6.97. The zero-order chi connectivity index (χ0) is 13.6. The maximum Gasteiger partial charge on any atom is 0.240 e. The molecule has 0 bridgehead atoms. The van der Waals surface area contributed by atoms with Crippen molar-refractivity contribution in [3.63, 3.8) is 0 Å². The van der Waals surface area contributed by atoms with Gasteiger partial charge in [0, 0.05) is 13.1 Å². The van der Waals surface area contributed by atoms with Crippen LogP contribution in [0.4, 0.5) is 0 Å². The van der Waals surface area contributed by atoms with Crippen LogP contribution in [-0.2, 0) is 4.79 Å². The predicted molar refractivity (Wildman–Crippen MR) is 70.6 cm³/mol. The maximum absolute atomic E-state index is 12.0. The molecule has 0 spiro atoms. The molecule has 102 valence electrons. The van der Waals surface area contributed by atoms with E-state index >= 15 is 0 Å². The minimum Gasteiger partial charge on any atom is -0.393 e. The van der Waals surface area contributed by atoms with Crippen molar-refractivity contribution in [2.75, 3.05) is 13.1 Å². The Kier molecular flexibility index (Phi) is 6.72. The SMILES string of the molecule is CC.CC(C)(C)[C@H](N)C(=O)N1CCC(O)CC1. The summed E-state index contributed by atoms with van der Waals surface area (Å²) in [5.41, 5.74) is 5.70. The Hall–Kier alpha value is -0.610. The van der Waals surface area contributed by atoms with E-state index in [0.717, 1.165) is 0 Å². The van der Waals surface area contributed by atoms with Gasteiger partial charge in [0.15, 0.2) is 0 Å². The maximum atomic E-state index is 12.0. The normalized spacial score (nSPS) is 19.4. The van der Waals surface area contributed by atoms with Gasteiger partial charge < -0.3 is 15.7 Å². The fourth-order valence-electron chi connectivity index (χ4n) is 1.65. The average molecular weight is 244 g/mol. The van der Waals surface area contributed by atoms with Crippen molar-refractivity contribution in [2.45, 2.75) is 59.6 Å². The number of nitrogens with zero attached hydrogens (tertiary/aromatic N) is 1. The number of amides is 1. The molecule has 1 amide bonds. The van der Waals surface area contributed by atoms with Gasteiger partial charge in [0.25, 0.3) is 0 Å². The van der Waals surface area contributed by atoms with Crippen molar-refractivity contribution in [1.82, 2.24) is 4.90 Å². The van der Waals surface area contributed by atoms with Crippen molar-refractivity contribution >= 4 is 5.91 Å². The van der Waals surface area contributed by atoms with Crippen molar-refractivity contribution in [2.24, 2.45) is 11.1 Å². The number of nitrogens with two attached hydrogens (primary N) is 1. The predicted octanol–water partition coefficient (Wildman–Crippen LogP) is 1.37. The highest BCUT2D eigenvalue weighted by Crippen LogP contribution is 2.20. The van der Waals surface area contributed by atoms with E-state index in [1.165, 1.54) is 0 Å². The molecule has 4 heteroatoms. The summed E-state index contributed by atoms with van der Waals surface area (Å²) in [6.07, 6.45) is 1.09. The smallest absolute Gasteiger partial charge is 0.240 e. The third-order valence-electron chi connectivity index (χ3n) is 2.98. The zero-order valence-electron chi connectivity index (χ0n) is 11.9. The monoisotopic (exact) mass is 244 g/mol. The van der Waals surface area contributed by atoms with Crippen LogP contribution in [-0.4, -0.2) is 41.1 Å². The molecule has 0 saturated carbocycles. The first-order valence-electron chi connectivity index (χ1n) is 6.55. The number of carbonyl (C=O) groups excluding carboxylic acids is 1.